The molecule has 3 N–H and O–H groups in total. The summed E-state index contributed by atoms with van der Waals surface area (Å²) in [5.74, 6) is 0.498. The van der Waals surface area contributed by atoms with Crippen LogP contribution in [0.3, 0.4) is 0 Å². The number of aliphatic hydroxyl groups is 1. The summed E-state index contributed by atoms with van der Waals surface area (Å²) in [4.78, 5) is 0. The highest BCUT2D eigenvalue weighted by atomic mass is 35.5. The van der Waals surface area contributed by atoms with Gasteiger partial charge in [0.05, 0.1) is 22.3 Å². The van der Waals surface area contributed by atoms with Crippen LogP contribution in [0.2, 0.25) is 10.0 Å². The normalized spacial score (nSPS) is 10.1. The van der Waals surface area contributed by atoms with Gasteiger partial charge in [0.25, 0.3) is 0 Å². The van der Waals surface area contributed by atoms with Crippen LogP contribution < -0.4 is 10.5 Å². The number of aliphatic hydroxyl groups excluding tert-OH is 1. The number of halogens is 2. The van der Waals surface area contributed by atoms with Crippen molar-refractivity contribution in [3.8, 4) is 5.75 Å². The van der Waals surface area contributed by atoms with Gasteiger partial charge in [0, 0.05) is 12.1 Å². The molecule has 0 saturated carbocycles. The van der Waals surface area contributed by atoms with Crippen molar-refractivity contribution >= 4 is 28.9 Å². The Hall–Kier alpha value is -0.640. The Bertz CT molecular complexity index is 281. The largest absolute Gasteiger partial charge is 0.491 e. The second kappa shape index (κ2) is 4.56. The van der Waals surface area contributed by atoms with Crippen LogP contribution in [-0.2, 0) is 0 Å². The molecule has 1 rings (SSSR count). The van der Waals surface area contributed by atoms with E-state index >= 15 is 0 Å². The third-order valence-electron chi connectivity index (χ3n) is 1.41. The van der Waals surface area contributed by atoms with Gasteiger partial charge in [-0.3, -0.25) is 0 Å². The van der Waals surface area contributed by atoms with Crippen LogP contribution in [0.5, 0.6) is 5.75 Å². The number of nitrogen functional groups attached to an aromatic ring is 1. The second-order valence-electron chi connectivity index (χ2n) is 2.37. The van der Waals surface area contributed by atoms with Crippen molar-refractivity contribution in [3.05, 3.63) is 22.2 Å². The Labute approximate surface area is 86.0 Å². The van der Waals surface area contributed by atoms with Gasteiger partial charge in [-0.15, -0.1) is 0 Å². The van der Waals surface area contributed by atoms with Gasteiger partial charge in [-0.1, -0.05) is 23.2 Å². The SMILES string of the molecule is Nc1c(Cl)cc(OCCO)cc1Cl. The molecule has 0 spiro atoms. The fourth-order valence-electron chi connectivity index (χ4n) is 0.808. The highest BCUT2D eigenvalue weighted by molar-refractivity contribution is 6.39. The summed E-state index contributed by atoms with van der Waals surface area (Å²) in [6.07, 6.45) is 0. The third-order valence-corrected chi connectivity index (χ3v) is 2.04. The molecule has 1 aromatic carbocycles. The van der Waals surface area contributed by atoms with Gasteiger partial charge >= 0.3 is 0 Å². The smallest absolute Gasteiger partial charge is 0.122 e. The van der Waals surface area contributed by atoms with Gasteiger partial charge in [0.1, 0.15) is 12.4 Å². The van der Waals surface area contributed by atoms with Crippen molar-refractivity contribution in [3.63, 3.8) is 0 Å². The Kier molecular flexibility index (Phi) is 3.66. The molecular weight excluding hydrogens is 213 g/mol. The van der Waals surface area contributed by atoms with Gasteiger partial charge in [-0.25, -0.2) is 0 Å². The molecule has 0 aliphatic carbocycles. The minimum Gasteiger partial charge on any atom is -0.491 e. The first kappa shape index (κ1) is 10.4. The zero-order valence-electron chi connectivity index (χ0n) is 6.76. The van der Waals surface area contributed by atoms with E-state index in [1.165, 1.54) is 0 Å². The summed E-state index contributed by atoms with van der Waals surface area (Å²) in [5.41, 5.74) is 5.84. The molecule has 0 aliphatic heterocycles. The molecule has 5 heteroatoms. The minimum atomic E-state index is -0.0559. The Morgan fingerprint density at radius 1 is 1.31 bits per heavy atom. The van der Waals surface area contributed by atoms with Crippen molar-refractivity contribution in [1.82, 2.24) is 0 Å². The molecule has 0 aromatic heterocycles. The maximum absolute atomic E-state index is 8.51. The number of hydrogen-bond donors (Lipinski definition) is 2. The van der Waals surface area contributed by atoms with Crippen LogP contribution in [0.15, 0.2) is 12.1 Å². The topological polar surface area (TPSA) is 55.5 Å². The Morgan fingerprint density at radius 2 is 1.85 bits per heavy atom. The van der Waals surface area contributed by atoms with Crippen molar-refractivity contribution in [2.24, 2.45) is 0 Å². The second-order valence-corrected chi connectivity index (χ2v) is 3.19. The van der Waals surface area contributed by atoms with Crippen molar-refractivity contribution in [1.29, 1.82) is 0 Å². The number of benzene rings is 1. The molecule has 0 unspecified atom stereocenters. The van der Waals surface area contributed by atoms with Gasteiger partial charge in [0.2, 0.25) is 0 Å². The van der Waals surface area contributed by atoms with E-state index in [0.717, 1.165) is 0 Å². The lowest BCUT2D eigenvalue weighted by atomic mass is 10.3. The van der Waals surface area contributed by atoms with Crippen LogP contribution in [-0.4, -0.2) is 18.3 Å². The Balaban J connectivity index is 2.86. The lowest BCUT2D eigenvalue weighted by Gasteiger charge is -2.07. The Morgan fingerprint density at radius 3 is 2.31 bits per heavy atom. The molecule has 72 valence electrons. The fourth-order valence-corrected chi connectivity index (χ4v) is 1.27. The molecule has 0 aliphatic rings. The van der Waals surface area contributed by atoms with Crippen molar-refractivity contribution < 1.29 is 9.84 Å². The number of rotatable bonds is 3. The van der Waals surface area contributed by atoms with Crippen molar-refractivity contribution in [2.75, 3.05) is 18.9 Å². The number of ether oxygens (including phenoxy) is 1. The van der Waals surface area contributed by atoms with E-state index in [1.807, 2.05) is 0 Å². The molecule has 0 saturated heterocycles. The summed E-state index contributed by atoms with van der Waals surface area (Å²) >= 11 is 11.5. The zero-order chi connectivity index (χ0) is 9.84. The highest BCUT2D eigenvalue weighted by Crippen LogP contribution is 2.32. The third kappa shape index (κ3) is 2.66. The first-order valence-corrected chi connectivity index (χ1v) is 4.39. The molecule has 13 heavy (non-hydrogen) atoms. The van der Waals surface area contributed by atoms with E-state index in [0.29, 0.717) is 21.5 Å². The maximum Gasteiger partial charge on any atom is 0.122 e. The minimum absolute atomic E-state index is 0.0559. The lowest BCUT2D eigenvalue weighted by Crippen LogP contribution is -2.02. The molecule has 0 fully saturated rings. The first-order chi connectivity index (χ1) is 6.15. The molecule has 1 aromatic rings. The summed E-state index contributed by atoms with van der Waals surface area (Å²) in [7, 11) is 0. The van der Waals surface area contributed by atoms with Crippen LogP contribution in [0.25, 0.3) is 0 Å². The van der Waals surface area contributed by atoms with Crippen molar-refractivity contribution in [2.45, 2.75) is 0 Å². The number of nitrogens with two attached hydrogens (primary N) is 1. The van der Waals surface area contributed by atoms with Gasteiger partial charge in [0.15, 0.2) is 0 Å². The average Bonchev–Trinajstić information content (AvgIpc) is 2.10. The molecule has 3 nitrogen and oxygen atoms in total. The van der Waals surface area contributed by atoms with Gasteiger partial charge in [-0.05, 0) is 0 Å². The summed E-state index contributed by atoms with van der Waals surface area (Å²) in [6.45, 7) is 0.149. The van der Waals surface area contributed by atoms with E-state index < -0.39 is 0 Å². The molecule has 0 bridgehead atoms. The number of anilines is 1. The quantitative estimate of drug-likeness (QED) is 0.768. The van der Waals surface area contributed by atoms with Gasteiger partial charge < -0.3 is 15.6 Å². The van der Waals surface area contributed by atoms with Crippen LogP contribution in [0, 0.1) is 0 Å². The summed E-state index contributed by atoms with van der Waals surface area (Å²) in [5, 5.41) is 9.20. The fraction of sp³-hybridized carbons (Fsp3) is 0.250. The van der Waals surface area contributed by atoms with E-state index in [1.54, 1.807) is 12.1 Å². The summed E-state index contributed by atoms with van der Waals surface area (Å²) in [6, 6.07) is 3.11. The molecule has 0 atom stereocenters. The van der Waals surface area contributed by atoms with E-state index in [9.17, 15) is 0 Å². The monoisotopic (exact) mass is 221 g/mol. The van der Waals surface area contributed by atoms with E-state index in [-0.39, 0.29) is 13.2 Å². The average molecular weight is 222 g/mol. The molecule has 0 heterocycles. The summed E-state index contributed by atoms with van der Waals surface area (Å²) < 4.78 is 5.10. The lowest BCUT2D eigenvalue weighted by molar-refractivity contribution is 0.201. The maximum atomic E-state index is 8.51. The molecule has 0 amide bonds. The first-order valence-electron chi connectivity index (χ1n) is 3.63. The predicted molar refractivity (Wildman–Crippen MR) is 53.5 cm³/mol. The molecule has 0 radical (unpaired) electrons. The van der Waals surface area contributed by atoms with Crippen LogP contribution in [0.1, 0.15) is 0 Å². The van der Waals surface area contributed by atoms with E-state index in [4.69, 9.17) is 38.8 Å². The van der Waals surface area contributed by atoms with Crippen LogP contribution >= 0.6 is 23.2 Å². The van der Waals surface area contributed by atoms with Gasteiger partial charge in [-0.2, -0.15) is 0 Å². The number of hydrogen-bond acceptors (Lipinski definition) is 3. The standard InChI is InChI=1S/C8H9Cl2NO2/c9-6-3-5(13-2-1-12)4-7(10)8(6)11/h3-4,12H,1-2,11H2. The van der Waals surface area contributed by atoms with Crippen LogP contribution in [0.4, 0.5) is 5.69 Å². The molecular formula is C8H9Cl2NO2. The zero-order valence-corrected chi connectivity index (χ0v) is 8.27. The highest BCUT2D eigenvalue weighted by Gasteiger charge is 2.04. The predicted octanol–water partition coefficient (Wildman–Crippen LogP) is 1.95. The van der Waals surface area contributed by atoms with E-state index in [2.05, 4.69) is 0 Å².